The quantitative estimate of drug-likeness (QED) is 0.664. The van der Waals surface area contributed by atoms with E-state index in [0.717, 1.165) is 12.0 Å². The van der Waals surface area contributed by atoms with Gasteiger partial charge in [0.05, 0.1) is 0 Å². The van der Waals surface area contributed by atoms with Crippen molar-refractivity contribution in [3.8, 4) is 0 Å². The van der Waals surface area contributed by atoms with Gasteiger partial charge in [-0.3, -0.25) is 0 Å². The van der Waals surface area contributed by atoms with Gasteiger partial charge in [-0.05, 0) is 43.4 Å². The Morgan fingerprint density at radius 1 is 1.23 bits per heavy atom. The summed E-state index contributed by atoms with van der Waals surface area (Å²) in [6.45, 7) is 6.08. The van der Waals surface area contributed by atoms with E-state index in [0.29, 0.717) is 5.41 Å². The molecule has 76 valence electrons. The van der Waals surface area contributed by atoms with Crippen LogP contribution in [0.1, 0.15) is 52.4 Å². The molecule has 13 heavy (non-hydrogen) atoms. The van der Waals surface area contributed by atoms with Gasteiger partial charge in [-0.1, -0.05) is 20.3 Å². The lowest BCUT2D eigenvalue weighted by atomic mass is 9.80. The first-order valence-corrected chi connectivity index (χ1v) is 5.98. The molecule has 0 bridgehead atoms. The molecule has 1 unspecified atom stereocenters. The average Bonchev–Trinajstić information content (AvgIpc) is 2.94. The summed E-state index contributed by atoms with van der Waals surface area (Å²) in [5.41, 5.74) is 0.622. The van der Waals surface area contributed by atoms with Crippen LogP contribution in [0.4, 0.5) is 0 Å². The molecule has 0 radical (unpaired) electrons. The van der Waals surface area contributed by atoms with Gasteiger partial charge in [0.25, 0.3) is 0 Å². The van der Waals surface area contributed by atoms with Crippen molar-refractivity contribution in [2.45, 2.75) is 58.4 Å². The molecule has 2 fully saturated rings. The summed E-state index contributed by atoms with van der Waals surface area (Å²) >= 11 is 0. The van der Waals surface area contributed by atoms with Gasteiger partial charge in [-0.2, -0.15) is 0 Å². The molecule has 2 rings (SSSR count). The lowest BCUT2D eigenvalue weighted by molar-refractivity contribution is 0.233. The van der Waals surface area contributed by atoms with E-state index in [4.69, 9.17) is 0 Å². The molecule has 1 atom stereocenters. The fourth-order valence-electron chi connectivity index (χ4n) is 2.45. The van der Waals surface area contributed by atoms with Gasteiger partial charge in [-0.15, -0.1) is 0 Å². The maximum absolute atomic E-state index is 3.70. The predicted molar refractivity (Wildman–Crippen MR) is 56.8 cm³/mol. The largest absolute Gasteiger partial charge is 0.313 e. The monoisotopic (exact) mass is 181 g/mol. The van der Waals surface area contributed by atoms with E-state index in [9.17, 15) is 0 Å². The summed E-state index contributed by atoms with van der Waals surface area (Å²) < 4.78 is 0. The second-order valence-electron chi connectivity index (χ2n) is 5.33. The molecule has 1 N–H and O–H groups in total. The van der Waals surface area contributed by atoms with Gasteiger partial charge in [0.2, 0.25) is 0 Å². The van der Waals surface area contributed by atoms with E-state index < -0.39 is 0 Å². The summed E-state index contributed by atoms with van der Waals surface area (Å²) in [5.74, 6) is 1.04. The first kappa shape index (κ1) is 9.51. The van der Waals surface area contributed by atoms with Gasteiger partial charge in [0, 0.05) is 12.6 Å². The summed E-state index contributed by atoms with van der Waals surface area (Å²) in [7, 11) is 0. The molecule has 0 spiro atoms. The first-order valence-electron chi connectivity index (χ1n) is 5.98. The third-order valence-electron chi connectivity index (χ3n) is 3.76. The van der Waals surface area contributed by atoms with Crippen LogP contribution in [0, 0.1) is 11.3 Å². The van der Waals surface area contributed by atoms with Gasteiger partial charge in [0.1, 0.15) is 0 Å². The molecule has 2 aliphatic carbocycles. The van der Waals surface area contributed by atoms with Crippen LogP contribution in [0.25, 0.3) is 0 Å². The minimum absolute atomic E-state index is 0.622. The SMILES string of the molecule is CCCC(C)(CNC1CC1)C1CC1. The van der Waals surface area contributed by atoms with Crippen molar-refractivity contribution in [3.05, 3.63) is 0 Å². The summed E-state index contributed by atoms with van der Waals surface area (Å²) in [6.07, 6.45) is 8.59. The zero-order valence-electron chi connectivity index (χ0n) is 9.10. The maximum atomic E-state index is 3.70. The molecule has 2 saturated carbocycles. The van der Waals surface area contributed by atoms with E-state index in [1.165, 1.54) is 45.1 Å². The van der Waals surface area contributed by atoms with Crippen LogP contribution < -0.4 is 5.32 Å². The standard InChI is InChI=1S/C12H23N/c1-3-8-12(2,10-4-5-10)9-13-11-6-7-11/h10-11,13H,3-9H2,1-2H3. The molecule has 0 aliphatic heterocycles. The second kappa shape index (κ2) is 3.61. The molecule has 1 nitrogen and oxygen atoms in total. The number of hydrogen-bond acceptors (Lipinski definition) is 1. The zero-order valence-corrected chi connectivity index (χ0v) is 9.10. The molecular weight excluding hydrogens is 158 g/mol. The van der Waals surface area contributed by atoms with Crippen molar-refractivity contribution in [2.24, 2.45) is 11.3 Å². The number of nitrogens with one attached hydrogen (secondary N) is 1. The van der Waals surface area contributed by atoms with Crippen LogP contribution >= 0.6 is 0 Å². The van der Waals surface area contributed by atoms with Crippen molar-refractivity contribution in [3.63, 3.8) is 0 Å². The average molecular weight is 181 g/mol. The third kappa shape index (κ3) is 2.46. The van der Waals surface area contributed by atoms with Gasteiger partial charge >= 0.3 is 0 Å². The highest BCUT2D eigenvalue weighted by atomic mass is 15.0. The van der Waals surface area contributed by atoms with E-state index >= 15 is 0 Å². The van der Waals surface area contributed by atoms with Crippen LogP contribution in [0.3, 0.4) is 0 Å². The van der Waals surface area contributed by atoms with Crippen LogP contribution in [0.15, 0.2) is 0 Å². The lowest BCUT2D eigenvalue weighted by Gasteiger charge is -2.30. The number of hydrogen-bond donors (Lipinski definition) is 1. The highest BCUT2D eigenvalue weighted by Gasteiger charge is 2.41. The maximum Gasteiger partial charge on any atom is 0.00684 e. The Labute approximate surface area is 82.3 Å². The smallest absolute Gasteiger partial charge is 0.00684 e. The normalized spacial score (nSPS) is 27.2. The Morgan fingerprint density at radius 2 is 1.92 bits per heavy atom. The topological polar surface area (TPSA) is 12.0 Å². The predicted octanol–water partition coefficient (Wildman–Crippen LogP) is 2.95. The molecule has 0 saturated heterocycles. The highest BCUT2D eigenvalue weighted by molar-refractivity contribution is 4.94. The highest BCUT2D eigenvalue weighted by Crippen LogP contribution is 2.48. The Morgan fingerprint density at radius 3 is 2.38 bits per heavy atom. The summed E-state index contributed by atoms with van der Waals surface area (Å²) in [5, 5.41) is 3.70. The zero-order chi connectivity index (χ0) is 9.31. The fourth-order valence-corrected chi connectivity index (χ4v) is 2.45. The van der Waals surface area contributed by atoms with Crippen molar-refractivity contribution in [1.29, 1.82) is 0 Å². The Kier molecular flexibility index (Phi) is 2.64. The Balaban J connectivity index is 1.79. The minimum atomic E-state index is 0.622. The summed E-state index contributed by atoms with van der Waals surface area (Å²) in [4.78, 5) is 0. The molecule has 0 aromatic heterocycles. The lowest BCUT2D eigenvalue weighted by Crippen LogP contribution is -2.34. The van der Waals surface area contributed by atoms with E-state index in [2.05, 4.69) is 19.2 Å². The fraction of sp³-hybridized carbons (Fsp3) is 1.00. The van der Waals surface area contributed by atoms with Crippen molar-refractivity contribution < 1.29 is 0 Å². The molecule has 0 heterocycles. The Hall–Kier alpha value is -0.0400. The third-order valence-corrected chi connectivity index (χ3v) is 3.76. The van der Waals surface area contributed by atoms with Gasteiger partial charge in [-0.25, -0.2) is 0 Å². The molecular formula is C12H23N. The number of rotatable bonds is 6. The molecule has 0 aromatic carbocycles. The second-order valence-corrected chi connectivity index (χ2v) is 5.33. The van der Waals surface area contributed by atoms with Gasteiger partial charge in [0.15, 0.2) is 0 Å². The summed E-state index contributed by atoms with van der Waals surface area (Å²) in [6, 6.07) is 0.884. The van der Waals surface area contributed by atoms with Crippen LogP contribution in [0.2, 0.25) is 0 Å². The molecule has 2 aliphatic rings. The molecule has 1 heteroatoms. The van der Waals surface area contributed by atoms with Gasteiger partial charge < -0.3 is 5.32 Å². The van der Waals surface area contributed by atoms with Crippen LogP contribution in [-0.2, 0) is 0 Å². The van der Waals surface area contributed by atoms with E-state index in [-0.39, 0.29) is 0 Å². The van der Waals surface area contributed by atoms with Crippen molar-refractivity contribution in [2.75, 3.05) is 6.54 Å². The molecule has 0 amide bonds. The molecule has 0 aromatic rings. The first-order chi connectivity index (χ1) is 6.24. The van der Waals surface area contributed by atoms with Crippen molar-refractivity contribution >= 4 is 0 Å². The van der Waals surface area contributed by atoms with Crippen LogP contribution in [0.5, 0.6) is 0 Å². The Bertz CT molecular complexity index is 170. The van der Waals surface area contributed by atoms with Crippen molar-refractivity contribution in [1.82, 2.24) is 5.32 Å². The van der Waals surface area contributed by atoms with E-state index in [1.54, 1.807) is 0 Å². The minimum Gasteiger partial charge on any atom is -0.313 e. The van der Waals surface area contributed by atoms with Crippen LogP contribution in [-0.4, -0.2) is 12.6 Å². The van der Waals surface area contributed by atoms with E-state index in [1.807, 2.05) is 0 Å².